The van der Waals surface area contributed by atoms with E-state index in [1.165, 1.54) is 0 Å². The summed E-state index contributed by atoms with van der Waals surface area (Å²) in [5.74, 6) is 1.29. The number of hydrogen-bond donors (Lipinski definition) is 3. The van der Waals surface area contributed by atoms with E-state index in [2.05, 4.69) is 20.6 Å². The van der Waals surface area contributed by atoms with Gasteiger partial charge in [0.25, 0.3) is 0 Å². The molecular formula is C11H20N6O. The standard InChI is InChI=1S/C11H20N6O/c1-5-17(4)10(18)7(2)14-9-6-8(13-3)15-11(12)16-9/h6-7H,5H2,1-4H3,(H4,12,13,14,15,16). The van der Waals surface area contributed by atoms with Gasteiger partial charge in [0, 0.05) is 26.7 Å². The van der Waals surface area contributed by atoms with Crippen LogP contribution in [0.15, 0.2) is 6.07 Å². The average molecular weight is 252 g/mol. The Morgan fingerprint density at radius 2 is 2.11 bits per heavy atom. The van der Waals surface area contributed by atoms with Gasteiger partial charge in [-0.15, -0.1) is 0 Å². The van der Waals surface area contributed by atoms with Gasteiger partial charge in [-0.3, -0.25) is 4.79 Å². The number of aromatic nitrogens is 2. The summed E-state index contributed by atoms with van der Waals surface area (Å²) < 4.78 is 0. The van der Waals surface area contributed by atoms with E-state index in [1.54, 1.807) is 32.0 Å². The van der Waals surface area contributed by atoms with Gasteiger partial charge in [-0.05, 0) is 13.8 Å². The van der Waals surface area contributed by atoms with Crippen LogP contribution in [0.4, 0.5) is 17.6 Å². The van der Waals surface area contributed by atoms with Crippen LogP contribution >= 0.6 is 0 Å². The first-order valence-electron chi connectivity index (χ1n) is 5.81. The molecule has 4 N–H and O–H groups in total. The fourth-order valence-electron chi connectivity index (χ4n) is 1.44. The smallest absolute Gasteiger partial charge is 0.244 e. The molecule has 1 aromatic heterocycles. The van der Waals surface area contributed by atoms with E-state index in [4.69, 9.17) is 5.73 Å². The Kier molecular flexibility index (Phi) is 4.70. The molecule has 1 unspecified atom stereocenters. The first-order chi connectivity index (χ1) is 8.47. The van der Waals surface area contributed by atoms with Gasteiger partial charge in [0.05, 0.1) is 0 Å². The van der Waals surface area contributed by atoms with Gasteiger partial charge in [-0.1, -0.05) is 0 Å². The summed E-state index contributed by atoms with van der Waals surface area (Å²) in [6.07, 6.45) is 0. The van der Waals surface area contributed by atoms with E-state index in [0.717, 1.165) is 0 Å². The van der Waals surface area contributed by atoms with Gasteiger partial charge >= 0.3 is 0 Å². The Morgan fingerprint density at radius 3 is 2.67 bits per heavy atom. The van der Waals surface area contributed by atoms with Crippen LogP contribution in [-0.4, -0.2) is 47.5 Å². The molecule has 0 bridgehead atoms. The van der Waals surface area contributed by atoms with E-state index in [0.29, 0.717) is 18.2 Å². The van der Waals surface area contributed by atoms with Gasteiger partial charge in [0.2, 0.25) is 11.9 Å². The van der Waals surface area contributed by atoms with Crippen molar-refractivity contribution in [3.05, 3.63) is 6.07 Å². The highest BCUT2D eigenvalue weighted by Crippen LogP contribution is 2.13. The number of carbonyl (C=O) groups excluding carboxylic acids is 1. The maximum absolute atomic E-state index is 11.9. The van der Waals surface area contributed by atoms with Crippen molar-refractivity contribution >= 4 is 23.5 Å². The van der Waals surface area contributed by atoms with E-state index in [9.17, 15) is 4.79 Å². The van der Waals surface area contributed by atoms with Crippen LogP contribution in [0.3, 0.4) is 0 Å². The summed E-state index contributed by atoms with van der Waals surface area (Å²) in [6.45, 7) is 4.37. The molecule has 18 heavy (non-hydrogen) atoms. The van der Waals surface area contributed by atoms with Crippen LogP contribution in [0.25, 0.3) is 0 Å². The predicted octanol–water partition coefficient (Wildman–Crippen LogP) is 0.379. The van der Waals surface area contributed by atoms with E-state index in [1.807, 2.05) is 6.92 Å². The Morgan fingerprint density at radius 1 is 1.50 bits per heavy atom. The first-order valence-corrected chi connectivity index (χ1v) is 5.81. The molecule has 0 aromatic carbocycles. The highest BCUT2D eigenvalue weighted by Gasteiger charge is 2.16. The number of anilines is 3. The summed E-state index contributed by atoms with van der Waals surface area (Å²) in [5.41, 5.74) is 5.58. The molecule has 0 saturated carbocycles. The number of nitrogens with zero attached hydrogens (tertiary/aromatic N) is 3. The van der Waals surface area contributed by atoms with Crippen LogP contribution in [-0.2, 0) is 4.79 Å². The lowest BCUT2D eigenvalue weighted by atomic mass is 10.3. The third-order valence-corrected chi connectivity index (χ3v) is 2.58. The second kappa shape index (κ2) is 6.04. The molecule has 1 amide bonds. The lowest BCUT2D eigenvalue weighted by Crippen LogP contribution is -2.39. The molecule has 0 spiro atoms. The number of rotatable bonds is 5. The predicted molar refractivity (Wildman–Crippen MR) is 72.4 cm³/mol. The minimum Gasteiger partial charge on any atom is -0.373 e. The van der Waals surface area contributed by atoms with Gasteiger partial charge in [-0.2, -0.15) is 9.97 Å². The number of likely N-dealkylation sites (N-methyl/N-ethyl adjacent to an activating group) is 1. The van der Waals surface area contributed by atoms with Crippen molar-refractivity contribution in [1.29, 1.82) is 0 Å². The minimum absolute atomic E-state index is 0.000640. The largest absolute Gasteiger partial charge is 0.373 e. The lowest BCUT2D eigenvalue weighted by Gasteiger charge is -2.21. The number of hydrogen-bond acceptors (Lipinski definition) is 6. The molecule has 1 rings (SSSR count). The summed E-state index contributed by atoms with van der Waals surface area (Å²) in [5, 5.41) is 5.89. The van der Waals surface area contributed by atoms with Crippen LogP contribution in [0.2, 0.25) is 0 Å². The molecule has 1 atom stereocenters. The Balaban J connectivity index is 2.78. The second-order valence-corrected chi connectivity index (χ2v) is 3.97. The molecule has 7 nitrogen and oxygen atoms in total. The van der Waals surface area contributed by atoms with Crippen LogP contribution < -0.4 is 16.4 Å². The van der Waals surface area contributed by atoms with E-state index < -0.39 is 0 Å². The molecule has 0 saturated heterocycles. The molecule has 7 heteroatoms. The van der Waals surface area contributed by atoms with Crippen molar-refractivity contribution in [2.75, 3.05) is 37.0 Å². The molecular weight excluding hydrogens is 232 g/mol. The van der Waals surface area contributed by atoms with Crippen LogP contribution in [0.5, 0.6) is 0 Å². The lowest BCUT2D eigenvalue weighted by molar-refractivity contribution is -0.130. The van der Waals surface area contributed by atoms with Crippen LogP contribution in [0, 0.1) is 0 Å². The number of carbonyl (C=O) groups is 1. The second-order valence-electron chi connectivity index (χ2n) is 3.97. The van der Waals surface area contributed by atoms with Crippen molar-refractivity contribution in [3.8, 4) is 0 Å². The zero-order valence-corrected chi connectivity index (χ0v) is 11.2. The molecule has 100 valence electrons. The minimum atomic E-state index is -0.367. The number of amides is 1. The first kappa shape index (κ1) is 14.0. The number of nitrogens with two attached hydrogens (primary N) is 1. The summed E-state index contributed by atoms with van der Waals surface area (Å²) in [6, 6.07) is 1.33. The third-order valence-electron chi connectivity index (χ3n) is 2.58. The molecule has 0 aliphatic heterocycles. The summed E-state index contributed by atoms with van der Waals surface area (Å²) in [4.78, 5) is 21.5. The maximum Gasteiger partial charge on any atom is 0.244 e. The highest BCUT2D eigenvalue weighted by atomic mass is 16.2. The van der Waals surface area contributed by atoms with Gasteiger partial charge < -0.3 is 21.3 Å². The Bertz CT molecular complexity index is 422. The number of nitrogen functional groups attached to an aromatic ring is 1. The zero-order chi connectivity index (χ0) is 13.7. The van der Waals surface area contributed by atoms with Crippen molar-refractivity contribution in [2.45, 2.75) is 19.9 Å². The maximum atomic E-state index is 11.9. The fraction of sp³-hybridized carbons (Fsp3) is 0.545. The quantitative estimate of drug-likeness (QED) is 0.701. The van der Waals surface area contributed by atoms with Crippen molar-refractivity contribution in [1.82, 2.24) is 14.9 Å². The van der Waals surface area contributed by atoms with Gasteiger partial charge in [-0.25, -0.2) is 0 Å². The Labute approximate surface area is 107 Å². The third kappa shape index (κ3) is 3.47. The Hall–Kier alpha value is -2.05. The molecule has 1 aromatic rings. The molecule has 0 radical (unpaired) electrons. The summed E-state index contributed by atoms with van der Waals surface area (Å²) >= 11 is 0. The zero-order valence-electron chi connectivity index (χ0n) is 11.2. The summed E-state index contributed by atoms with van der Waals surface area (Å²) in [7, 11) is 3.50. The fourth-order valence-corrected chi connectivity index (χ4v) is 1.44. The average Bonchev–Trinajstić information content (AvgIpc) is 2.35. The molecule has 0 fully saturated rings. The van der Waals surface area contributed by atoms with Crippen LogP contribution in [0.1, 0.15) is 13.8 Å². The molecule has 0 aliphatic carbocycles. The van der Waals surface area contributed by atoms with E-state index in [-0.39, 0.29) is 17.9 Å². The van der Waals surface area contributed by atoms with Crippen molar-refractivity contribution in [2.24, 2.45) is 0 Å². The number of nitrogens with one attached hydrogen (secondary N) is 2. The topological polar surface area (TPSA) is 96.2 Å². The molecule has 1 heterocycles. The van der Waals surface area contributed by atoms with E-state index >= 15 is 0 Å². The van der Waals surface area contributed by atoms with Gasteiger partial charge in [0.15, 0.2) is 0 Å². The monoisotopic (exact) mass is 252 g/mol. The molecule has 0 aliphatic rings. The van der Waals surface area contributed by atoms with Crippen molar-refractivity contribution < 1.29 is 4.79 Å². The van der Waals surface area contributed by atoms with Crippen molar-refractivity contribution in [3.63, 3.8) is 0 Å². The SMILES string of the molecule is CCN(C)C(=O)C(C)Nc1cc(NC)nc(N)n1. The van der Waals surface area contributed by atoms with Gasteiger partial charge in [0.1, 0.15) is 17.7 Å². The highest BCUT2D eigenvalue weighted by molar-refractivity contribution is 5.83. The normalized spacial score (nSPS) is 11.8.